The maximum atomic E-state index is 12.8. The van der Waals surface area contributed by atoms with Crippen molar-refractivity contribution in [2.45, 2.75) is 78.6 Å². The van der Waals surface area contributed by atoms with E-state index in [0.717, 1.165) is 55.2 Å². The van der Waals surface area contributed by atoms with Gasteiger partial charge in [-0.3, -0.25) is 0 Å². The number of nitrogens with zero attached hydrogens (tertiary/aromatic N) is 2. The lowest BCUT2D eigenvalue weighted by atomic mass is 9.81. The highest BCUT2D eigenvalue weighted by Gasteiger charge is 2.40. The number of allylic oxidation sites excluding steroid dienone is 3. The van der Waals surface area contributed by atoms with Crippen molar-refractivity contribution < 1.29 is 9.53 Å². The Morgan fingerprint density at radius 2 is 1.92 bits per heavy atom. The molecule has 1 aliphatic heterocycles. The van der Waals surface area contributed by atoms with Crippen LogP contribution in [0, 0.1) is 17.2 Å². The van der Waals surface area contributed by atoms with Gasteiger partial charge in [-0.25, -0.2) is 4.79 Å². The Balaban J connectivity index is 1.96. The van der Waals surface area contributed by atoms with Crippen LogP contribution in [0.4, 0.5) is 5.69 Å². The van der Waals surface area contributed by atoms with Gasteiger partial charge in [0, 0.05) is 27.8 Å². The Bertz CT molecular complexity index is 1190. The van der Waals surface area contributed by atoms with Crippen LogP contribution in [0.3, 0.4) is 0 Å². The monoisotopic (exact) mass is 550 g/mol. The van der Waals surface area contributed by atoms with E-state index in [0.29, 0.717) is 12.5 Å². The quantitative estimate of drug-likeness (QED) is 0.159. The molecule has 0 saturated carbocycles. The number of esters is 1. The first-order valence-electron chi connectivity index (χ1n) is 13.3. The van der Waals surface area contributed by atoms with Crippen molar-refractivity contribution in [1.82, 2.24) is 0 Å². The number of ether oxygens (including phenoxy) is 1. The molecular weight excluding hydrogens is 512 g/mol. The summed E-state index contributed by atoms with van der Waals surface area (Å²) < 4.78 is 6.62. The number of benzene rings is 2. The summed E-state index contributed by atoms with van der Waals surface area (Å²) in [5.41, 5.74) is 3.34. The van der Waals surface area contributed by atoms with Crippen molar-refractivity contribution in [3.63, 3.8) is 0 Å². The molecule has 0 aromatic heterocycles. The summed E-state index contributed by atoms with van der Waals surface area (Å²) in [5, 5.41) is 12.2. The molecule has 1 unspecified atom stereocenters. The third kappa shape index (κ3) is 6.03. The molecular formula is C31H39BrN2O2. The van der Waals surface area contributed by atoms with Gasteiger partial charge in [0.15, 0.2) is 0 Å². The number of rotatable bonds is 11. The molecule has 3 rings (SSSR count). The molecule has 0 bridgehead atoms. The third-order valence-corrected chi connectivity index (χ3v) is 7.78. The van der Waals surface area contributed by atoms with Crippen molar-refractivity contribution in [1.29, 1.82) is 5.26 Å². The predicted molar refractivity (Wildman–Crippen MR) is 153 cm³/mol. The summed E-state index contributed by atoms with van der Waals surface area (Å²) in [6, 6.07) is 12.9. The Labute approximate surface area is 225 Å². The molecule has 4 nitrogen and oxygen atoms in total. The average Bonchev–Trinajstić information content (AvgIpc) is 3.08. The number of nitriles is 1. The zero-order valence-electron chi connectivity index (χ0n) is 22.4. The minimum atomic E-state index is -0.534. The van der Waals surface area contributed by atoms with E-state index in [1.165, 1.54) is 22.0 Å². The van der Waals surface area contributed by atoms with Crippen LogP contribution in [-0.4, -0.2) is 19.1 Å². The lowest BCUT2D eigenvalue weighted by Crippen LogP contribution is -2.27. The number of unbranched alkanes of at least 4 members (excludes halogenated alkanes) is 2. The van der Waals surface area contributed by atoms with Crippen molar-refractivity contribution in [2.75, 3.05) is 18.1 Å². The number of carbonyl (C=O) groups excluding carboxylic acids is 1. The van der Waals surface area contributed by atoms with Crippen molar-refractivity contribution in [2.24, 2.45) is 5.92 Å². The zero-order chi connectivity index (χ0) is 26.3. The summed E-state index contributed by atoms with van der Waals surface area (Å²) in [6.07, 6.45) is 10.00. The molecule has 0 saturated heterocycles. The van der Waals surface area contributed by atoms with Crippen LogP contribution < -0.4 is 4.90 Å². The summed E-state index contributed by atoms with van der Waals surface area (Å²) in [6.45, 7) is 12.2. The molecule has 36 heavy (non-hydrogen) atoms. The summed E-state index contributed by atoms with van der Waals surface area (Å²) >= 11 is 3.60. The highest BCUT2D eigenvalue weighted by molar-refractivity contribution is 9.10. The number of hydrogen-bond donors (Lipinski definition) is 0. The van der Waals surface area contributed by atoms with Gasteiger partial charge in [0.05, 0.1) is 6.61 Å². The average molecular weight is 552 g/mol. The van der Waals surface area contributed by atoms with Gasteiger partial charge in [-0.15, -0.1) is 0 Å². The standard InChI is InChI=1S/C31H39BrN2O2/c1-6-9-11-22(8-3)21-36-30(35)24(20-33)13-17-28-31(4,5)29-26-15-14-25(32)19-23(26)12-16-27(29)34(28)18-10-7-2/h12-17,19,22H,6-11,18,21H2,1-5H3. The largest absolute Gasteiger partial charge is 0.461 e. The molecule has 1 heterocycles. The van der Waals surface area contributed by atoms with Crippen molar-refractivity contribution in [3.8, 4) is 6.07 Å². The molecule has 0 spiro atoms. The van der Waals surface area contributed by atoms with Crippen LogP contribution >= 0.6 is 15.9 Å². The second-order valence-electron chi connectivity index (χ2n) is 10.2. The van der Waals surface area contributed by atoms with Gasteiger partial charge in [-0.2, -0.15) is 5.26 Å². The second kappa shape index (κ2) is 12.6. The molecule has 0 aliphatic carbocycles. The molecule has 1 aliphatic rings. The molecule has 0 N–H and O–H groups in total. The zero-order valence-corrected chi connectivity index (χ0v) is 24.0. The predicted octanol–water partition coefficient (Wildman–Crippen LogP) is 8.59. The van der Waals surface area contributed by atoms with Gasteiger partial charge in [-0.05, 0) is 65.4 Å². The maximum absolute atomic E-state index is 12.8. The van der Waals surface area contributed by atoms with Gasteiger partial charge in [0.25, 0.3) is 0 Å². The first-order valence-corrected chi connectivity index (χ1v) is 14.1. The molecule has 5 heteroatoms. The van der Waals surface area contributed by atoms with Crippen LogP contribution in [0.25, 0.3) is 10.8 Å². The third-order valence-electron chi connectivity index (χ3n) is 7.28. The fourth-order valence-electron chi connectivity index (χ4n) is 5.10. The Morgan fingerprint density at radius 3 is 2.58 bits per heavy atom. The molecule has 192 valence electrons. The van der Waals surface area contributed by atoms with E-state index >= 15 is 0 Å². The van der Waals surface area contributed by atoms with E-state index in [-0.39, 0.29) is 11.0 Å². The first kappa shape index (κ1) is 28.0. The van der Waals surface area contributed by atoms with E-state index in [1.807, 2.05) is 6.08 Å². The van der Waals surface area contributed by atoms with Crippen LogP contribution in [0.15, 0.2) is 58.2 Å². The van der Waals surface area contributed by atoms with E-state index in [4.69, 9.17) is 4.74 Å². The fraction of sp³-hybridized carbons (Fsp3) is 0.484. The normalized spacial score (nSPS) is 16.8. The SMILES string of the molecule is CCCCC(CC)COC(=O)C(C#N)=CC=C1N(CCCC)c2ccc3cc(Br)ccc3c2C1(C)C. The molecule has 2 aromatic carbocycles. The van der Waals surface area contributed by atoms with Crippen LogP contribution in [0.1, 0.15) is 78.7 Å². The molecule has 1 atom stereocenters. The molecule has 2 aromatic rings. The number of anilines is 1. The van der Waals surface area contributed by atoms with Crippen LogP contribution in [0.5, 0.6) is 0 Å². The minimum Gasteiger partial charge on any atom is -0.461 e. The highest BCUT2D eigenvalue weighted by Crippen LogP contribution is 2.51. The van der Waals surface area contributed by atoms with Gasteiger partial charge in [0.2, 0.25) is 0 Å². The summed E-state index contributed by atoms with van der Waals surface area (Å²) in [5.74, 6) is -0.193. The number of fused-ring (bicyclic) bond motifs is 3. The summed E-state index contributed by atoms with van der Waals surface area (Å²) in [7, 11) is 0. The van der Waals surface area contributed by atoms with Gasteiger partial charge < -0.3 is 9.64 Å². The number of hydrogen-bond acceptors (Lipinski definition) is 4. The maximum Gasteiger partial charge on any atom is 0.348 e. The molecule has 0 radical (unpaired) electrons. The van der Waals surface area contributed by atoms with Crippen LogP contribution in [0.2, 0.25) is 0 Å². The number of carbonyl (C=O) groups is 1. The topological polar surface area (TPSA) is 53.3 Å². The van der Waals surface area contributed by atoms with E-state index in [1.54, 1.807) is 6.08 Å². The van der Waals surface area contributed by atoms with Crippen molar-refractivity contribution >= 4 is 38.4 Å². The smallest absolute Gasteiger partial charge is 0.348 e. The van der Waals surface area contributed by atoms with Crippen molar-refractivity contribution in [3.05, 3.63) is 63.8 Å². The Morgan fingerprint density at radius 1 is 1.17 bits per heavy atom. The Hall–Kier alpha value is -2.58. The Kier molecular flexibility index (Phi) is 9.79. The van der Waals surface area contributed by atoms with E-state index in [9.17, 15) is 10.1 Å². The van der Waals surface area contributed by atoms with Gasteiger partial charge >= 0.3 is 5.97 Å². The second-order valence-corrected chi connectivity index (χ2v) is 11.1. The van der Waals surface area contributed by atoms with E-state index < -0.39 is 5.97 Å². The van der Waals surface area contributed by atoms with Gasteiger partial charge in [0.1, 0.15) is 11.6 Å². The van der Waals surface area contributed by atoms with Crippen LogP contribution in [-0.2, 0) is 14.9 Å². The van der Waals surface area contributed by atoms with Gasteiger partial charge in [-0.1, -0.05) is 88.4 Å². The molecule has 0 fully saturated rings. The first-order chi connectivity index (χ1) is 17.3. The number of halogens is 1. The fourth-order valence-corrected chi connectivity index (χ4v) is 5.48. The highest BCUT2D eigenvalue weighted by atomic mass is 79.9. The van der Waals surface area contributed by atoms with E-state index in [2.05, 4.69) is 91.8 Å². The lowest BCUT2D eigenvalue weighted by Gasteiger charge is -2.27. The molecule has 0 amide bonds. The summed E-state index contributed by atoms with van der Waals surface area (Å²) in [4.78, 5) is 15.1. The lowest BCUT2D eigenvalue weighted by molar-refractivity contribution is -0.140. The minimum absolute atomic E-state index is 0.0452.